The van der Waals surface area contributed by atoms with Crippen LogP contribution in [0.4, 0.5) is 0 Å². The van der Waals surface area contributed by atoms with Gasteiger partial charge in [-0.15, -0.1) is 0 Å². The molecule has 0 aromatic heterocycles. The second kappa shape index (κ2) is 8.06. The van der Waals surface area contributed by atoms with Crippen molar-refractivity contribution in [1.29, 1.82) is 0 Å². The molecule has 0 aliphatic heterocycles. The summed E-state index contributed by atoms with van der Waals surface area (Å²) in [5.41, 5.74) is 1.04. The molecule has 0 heterocycles. The first-order valence-corrected chi connectivity index (χ1v) is 14.7. The molecule has 1 aromatic rings. The molecule has 1 atom stereocenters. The lowest BCUT2D eigenvalue weighted by Crippen LogP contribution is -2.66. The summed E-state index contributed by atoms with van der Waals surface area (Å²) in [6, 6.07) is 10.1. The van der Waals surface area contributed by atoms with Gasteiger partial charge in [0.25, 0.3) is 0 Å². The van der Waals surface area contributed by atoms with Crippen LogP contribution in [0.25, 0.3) is 0 Å². The lowest BCUT2D eigenvalue weighted by molar-refractivity contribution is 0.557. The molecule has 1 aromatic carbocycles. The average molecular weight is 1040 g/mol. The van der Waals surface area contributed by atoms with E-state index in [2.05, 4.69) is 175 Å². The van der Waals surface area contributed by atoms with Crippen molar-refractivity contribution >= 4 is 175 Å². The van der Waals surface area contributed by atoms with Crippen LogP contribution in [0.5, 0.6) is 0 Å². The van der Waals surface area contributed by atoms with Crippen LogP contribution >= 0.6 is 175 Å². The molecule has 0 amide bonds. The van der Waals surface area contributed by atoms with Crippen molar-refractivity contribution in [2.24, 2.45) is 0 Å². The van der Waals surface area contributed by atoms with Crippen LogP contribution in [0, 0.1) is 0 Å². The minimum atomic E-state index is -0.744. The van der Waals surface area contributed by atoms with Gasteiger partial charge >= 0.3 is 0 Å². The average Bonchev–Trinajstić information content (AvgIpc) is 2.51. The summed E-state index contributed by atoms with van der Waals surface area (Å²) in [4.78, 5) is 0. The number of halogens is 11. The lowest BCUT2D eigenvalue weighted by Gasteiger charge is -2.59. The van der Waals surface area contributed by atoms with Crippen molar-refractivity contribution in [3.63, 3.8) is 0 Å². The predicted octanol–water partition coefficient (Wildman–Crippen LogP) is 10.2. The maximum Gasteiger partial charge on any atom is 0.140 e. The van der Waals surface area contributed by atoms with Crippen LogP contribution in [0.15, 0.2) is 39.3 Å². The Bertz CT molecular complexity index is 676. The van der Waals surface area contributed by atoms with Gasteiger partial charge in [0.2, 0.25) is 0 Å². The monoisotopic (exact) mass is 1030 g/mol. The molecule has 1 aliphatic rings. The highest BCUT2D eigenvalue weighted by Crippen LogP contribution is 2.78. The van der Waals surface area contributed by atoms with Gasteiger partial charge in [0, 0.05) is 8.96 Å². The maximum absolute atomic E-state index is 3.98. The summed E-state index contributed by atoms with van der Waals surface area (Å²) >= 11 is 42.2. The van der Waals surface area contributed by atoms with Crippen LogP contribution in [0.1, 0.15) is 5.56 Å². The molecule has 0 nitrogen and oxygen atoms in total. The normalized spacial score (nSPS) is 28.8. The van der Waals surface area contributed by atoms with Gasteiger partial charge in [-0.2, -0.15) is 0 Å². The lowest BCUT2D eigenvalue weighted by atomic mass is 9.88. The maximum atomic E-state index is 3.98. The van der Waals surface area contributed by atoms with Gasteiger partial charge in [-0.25, -0.2) is 0 Å². The van der Waals surface area contributed by atoms with Crippen molar-refractivity contribution in [3.05, 3.63) is 44.9 Å². The Morgan fingerprint density at radius 1 is 0.667 bits per heavy atom. The summed E-state index contributed by atoms with van der Waals surface area (Å²) in [5.74, 6) is 0. The van der Waals surface area contributed by atoms with Crippen LogP contribution in [-0.4, -0.2) is 14.0 Å². The molecule has 0 fully saturated rings. The van der Waals surface area contributed by atoms with Gasteiger partial charge in [-0.3, -0.25) is 0 Å². The van der Waals surface area contributed by atoms with Crippen molar-refractivity contribution in [2.75, 3.05) is 0 Å². The number of alkyl halides is 9. The Balaban J connectivity index is 2.87. The molecule has 0 saturated carbocycles. The van der Waals surface area contributed by atoms with E-state index in [-0.39, 0.29) is 0 Å². The standard InChI is InChI=1S/C13H5Br11/c14-7-8(15)11(19,20)13(23,24)12(21,22)9(7,16)10(17,18)6-4-2-1-3-5-6/h1-5H. The van der Waals surface area contributed by atoms with Crippen LogP contribution in [-0.2, 0) is 3.23 Å². The SMILES string of the molecule is BrC1=C(Br)C(Br)(C(Br)(Br)c2ccccc2)C(Br)(Br)C(Br)(Br)C1(Br)Br. The summed E-state index contributed by atoms with van der Waals surface area (Å²) in [6.07, 6.45) is 0. The van der Waals surface area contributed by atoms with Crippen LogP contribution in [0.3, 0.4) is 0 Å². The zero-order chi connectivity index (χ0) is 18.8. The van der Waals surface area contributed by atoms with E-state index in [0.717, 1.165) is 14.5 Å². The van der Waals surface area contributed by atoms with E-state index in [1.165, 1.54) is 0 Å². The van der Waals surface area contributed by atoms with E-state index in [4.69, 9.17) is 0 Å². The van der Waals surface area contributed by atoms with Gasteiger partial charge in [0.05, 0.1) is 0 Å². The molecule has 0 spiro atoms. The molecule has 2 rings (SSSR count). The van der Waals surface area contributed by atoms with Crippen molar-refractivity contribution < 1.29 is 0 Å². The van der Waals surface area contributed by atoms with E-state index >= 15 is 0 Å². The van der Waals surface area contributed by atoms with Gasteiger partial charge in [-0.1, -0.05) is 206 Å². The van der Waals surface area contributed by atoms with E-state index in [1.807, 2.05) is 30.3 Å². The van der Waals surface area contributed by atoms with Gasteiger partial charge < -0.3 is 0 Å². The predicted molar refractivity (Wildman–Crippen MR) is 144 cm³/mol. The molecule has 0 radical (unpaired) electrons. The number of benzene rings is 1. The van der Waals surface area contributed by atoms with E-state index in [0.29, 0.717) is 0 Å². The first-order valence-electron chi connectivity index (χ1n) is 5.99. The zero-order valence-corrected chi connectivity index (χ0v) is 28.5. The topological polar surface area (TPSA) is 0 Å². The number of rotatable bonds is 2. The third-order valence-corrected chi connectivity index (χ3v) is 24.5. The quantitative estimate of drug-likeness (QED) is 0.259. The van der Waals surface area contributed by atoms with Gasteiger partial charge in [0.15, 0.2) is 0 Å². The van der Waals surface area contributed by atoms with Crippen molar-refractivity contribution in [1.82, 2.24) is 0 Å². The number of allylic oxidation sites excluding steroid dienone is 2. The smallest absolute Gasteiger partial charge is 0.0740 e. The first kappa shape index (κ1) is 24.5. The molecule has 11 heteroatoms. The van der Waals surface area contributed by atoms with Crippen molar-refractivity contribution in [3.8, 4) is 0 Å². The zero-order valence-electron chi connectivity index (χ0n) is 11.0. The van der Waals surface area contributed by atoms with E-state index in [9.17, 15) is 0 Å². The van der Waals surface area contributed by atoms with Crippen LogP contribution in [0.2, 0.25) is 0 Å². The Hall–Kier alpha value is 4.24. The summed E-state index contributed by atoms with van der Waals surface area (Å²) in [7, 11) is 0. The molecule has 0 bridgehead atoms. The second-order valence-electron chi connectivity index (χ2n) is 4.95. The molecule has 1 aliphatic carbocycles. The minimum absolute atomic E-state index is 0.650. The third-order valence-electron chi connectivity index (χ3n) is 3.56. The number of hydrogen-bond acceptors (Lipinski definition) is 0. The Morgan fingerprint density at radius 2 is 1.12 bits per heavy atom. The first-order chi connectivity index (χ1) is 10.7. The highest BCUT2D eigenvalue weighted by Gasteiger charge is 2.76. The second-order valence-corrected chi connectivity index (χ2v) is 21.5. The van der Waals surface area contributed by atoms with Gasteiger partial charge in [-0.05, 0) is 5.56 Å². The molecular formula is C13H5Br11. The molecule has 134 valence electrons. The molecular weight excluding hydrogens is 1040 g/mol. The molecule has 0 saturated heterocycles. The molecule has 0 N–H and O–H groups in total. The Labute approximate surface area is 233 Å². The fourth-order valence-electron chi connectivity index (χ4n) is 2.16. The third kappa shape index (κ3) is 3.39. The van der Waals surface area contributed by atoms with Crippen molar-refractivity contribution in [2.45, 2.75) is 17.3 Å². The highest BCUT2D eigenvalue weighted by molar-refractivity contribution is 9.34. The summed E-state index contributed by atoms with van der Waals surface area (Å²) in [6.45, 7) is 0. The fourth-order valence-corrected chi connectivity index (χ4v) is 14.5. The highest BCUT2D eigenvalue weighted by atomic mass is 79.9. The number of hydrogen-bond donors (Lipinski definition) is 0. The van der Waals surface area contributed by atoms with E-state index in [1.54, 1.807) is 0 Å². The largest absolute Gasteiger partial charge is 0.140 e. The van der Waals surface area contributed by atoms with E-state index < -0.39 is 17.3 Å². The Kier molecular flexibility index (Phi) is 8.23. The molecule has 1 unspecified atom stereocenters. The minimum Gasteiger partial charge on any atom is -0.0740 e. The summed E-state index contributed by atoms with van der Waals surface area (Å²) in [5, 5.41) is 0. The molecule has 24 heavy (non-hydrogen) atoms. The van der Waals surface area contributed by atoms with Gasteiger partial charge in [0.1, 0.15) is 17.3 Å². The summed E-state index contributed by atoms with van der Waals surface area (Å²) < 4.78 is -1.76. The van der Waals surface area contributed by atoms with Crippen LogP contribution < -0.4 is 0 Å². The fraction of sp³-hybridized carbons (Fsp3) is 0.385. The Morgan fingerprint density at radius 3 is 1.58 bits per heavy atom.